The van der Waals surface area contributed by atoms with Gasteiger partial charge < -0.3 is 10.5 Å². The fourth-order valence-electron chi connectivity index (χ4n) is 3.42. The summed E-state index contributed by atoms with van der Waals surface area (Å²) in [6, 6.07) is 0.550. The van der Waals surface area contributed by atoms with Crippen molar-refractivity contribution < 1.29 is 4.74 Å². The van der Waals surface area contributed by atoms with Crippen LogP contribution in [-0.2, 0) is 0 Å². The van der Waals surface area contributed by atoms with Crippen molar-refractivity contribution in [1.29, 1.82) is 0 Å². The zero-order valence-corrected chi connectivity index (χ0v) is 13.5. The smallest absolute Gasteiger partial charge is 0.160 e. The van der Waals surface area contributed by atoms with Crippen molar-refractivity contribution in [2.75, 3.05) is 7.11 Å². The van der Waals surface area contributed by atoms with Gasteiger partial charge >= 0.3 is 0 Å². The molecular weight excluding hydrogens is 250 g/mol. The van der Waals surface area contributed by atoms with Crippen molar-refractivity contribution in [2.24, 2.45) is 17.6 Å². The van der Waals surface area contributed by atoms with Crippen LogP contribution in [0.15, 0.2) is 6.20 Å². The third-order valence-corrected chi connectivity index (χ3v) is 4.75. The van der Waals surface area contributed by atoms with Crippen LogP contribution in [0.4, 0.5) is 0 Å². The summed E-state index contributed by atoms with van der Waals surface area (Å²) in [6.45, 7) is 8.94. The van der Waals surface area contributed by atoms with E-state index in [1.54, 1.807) is 7.11 Å². The molecule has 4 heteroatoms. The van der Waals surface area contributed by atoms with E-state index in [-0.39, 0.29) is 6.04 Å². The summed E-state index contributed by atoms with van der Waals surface area (Å²) in [5.41, 5.74) is 7.62. The van der Waals surface area contributed by atoms with Gasteiger partial charge in [-0.3, -0.25) is 4.68 Å². The molecule has 0 amide bonds. The third kappa shape index (κ3) is 2.85. The molecule has 0 aliphatic heterocycles. The van der Waals surface area contributed by atoms with E-state index in [0.29, 0.717) is 17.9 Å². The van der Waals surface area contributed by atoms with Gasteiger partial charge in [-0.15, -0.1) is 0 Å². The topological polar surface area (TPSA) is 53.1 Å². The van der Waals surface area contributed by atoms with Crippen LogP contribution >= 0.6 is 0 Å². The molecule has 0 radical (unpaired) electrons. The molecule has 1 saturated carbocycles. The van der Waals surface area contributed by atoms with Gasteiger partial charge in [0, 0.05) is 18.0 Å². The van der Waals surface area contributed by atoms with Crippen molar-refractivity contribution in [3.05, 3.63) is 11.9 Å². The van der Waals surface area contributed by atoms with Crippen LogP contribution in [0.2, 0.25) is 0 Å². The van der Waals surface area contributed by atoms with Gasteiger partial charge in [0.25, 0.3) is 0 Å². The molecule has 114 valence electrons. The lowest BCUT2D eigenvalue weighted by Gasteiger charge is -2.36. The second-order valence-electron chi connectivity index (χ2n) is 6.72. The maximum absolute atomic E-state index is 6.43. The fourth-order valence-corrected chi connectivity index (χ4v) is 3.42. The van der Waals surface area contributed by atoms with E-state index in [0.717, 1.165) is 24.5 Å². The number of hydrogen-bond acceptors (Lipinski definition) is 3. The van der Waals surface area contributed by atoms with Crippen molar-refractivity contribution in [1.82, 2.24) is 9.78 Å². The first kappa shape index (κ1) is 15.4. The van der Waals surface area contributed by atoms with Gasteiger partial charge in [0.15, 0.2) is 5.75 Å². The third-order valence-electron chi connectivity index (χ3n) is 4.75. The summed E-state index contributed by atoms with van der Waals surface area (Å²) >= 11 is 0. The number of rotatable bonds is 4. The number of nitrogens with zero attached hydrogens (tertiary/aromatic N) is 2. The maximum Gasteiger partial charge on any atom is 0.160 e. The summed E-state index contributed by atoms with van der Waals surface area (Å²) in [5.74, 6) is 2.71. The molecule has 0 bridgehead atoms. The first-order valence-electron chi connectivity index (χ1n) is 7.82. The lowest BCUT2D eigenvalue weighted by molar-refractivity contribution is 0.221. The Hall–Kier alpha value is -1.03. The van der Waals surface area contributed by atoms with Gasteiger partial charge in [-0.2, -0.15) is 5.10 Å². The van der Waals surface area contributed by atoms with Crippen molar-refractivity contribution in [2.45, 2.75) is 65.0 Å². The number of hydrogen-bond donors (Lipinski definition) is 1. The van der Waals surface area contributed by atoms with E-state index in [1.165, 1.54) is 12.1 Å². The van der Waals surface area contributed by atoms with Crippen LogP contribution in [0.5, 0.6) is 5.75 Å². The maximum atomic E-state index is 6.43. The van der Waals surface area contributed by atoms with E-state index in [9.17, 15) is 0 Å². The van der Waals surface area contributed by atoms with Gasteiger partial charge in [-0.25, -0.2) is 0 Å². The van der Waals surface area contributed by atoms with Crippen molar-refractivity contribution >= 4 is 0 Å². The Bertz CT molecular complexity index is 439. The molecule has 2 rings (SSSR count). The number of aromatic nitrogens is 2. The van der Waals surface area contributed by atoms with Gasteiger partial charge in [0.2, 0.25) is 0 Å². The predicted molar refractivity (Wildman–Crippen MR) is 82.1 cm³/mol. The minimum atomic E-state index is 0.216. The molecule has 2 N–H and O–H groups in total. The lowest BCUT2D eigenvalue weighted by atomic mass is 9.72. The van der Waals surface area contributed by atoms with Gasteiger partial charge in [-0.1, -0.05) is 13.8 Å². The number of methoxy groups -OCH3 is 1. The van der Waals surface area contributed by atoms with E-state index in [1.807, 2.05) is 6.20 Å². The van der Waals surface area contributed by atoms with Crippen LogP contribution in [0.1, 0.15) is 64.6 Å². The van der Waals surface area contributed by atoms with Crippen LogP contribution in [0, 0.1) is 11.8 Å². The molecule has 0 saturated heterocycles. The second kappa shape index (κ2) is 6.17. The highest BCUT2D eigenvalue weighted by Crippen LogP contribution is 2.42. The Morgan fingerprint density at radius 2 is 2.00 bits per heavy atom. The minimum Gasteiger partial charge on any atom is -0.493 e. The average Bonchev–Trinajstić information content (AvgIpc) is 2.82. The molecule has 0 spiro atoms. The Kier molecular flexibility index (Phi) is 4.74. The second-order valence-corrected chi connectivity index (χ2v) is 6.72. The zero-order chi connectivity index (χ0) is 14.9. The largest absolute Gasteiger partial charge is 0.493 e. The quantitative estimate of drug-likeness (QED) is 0.919. The molecule has 4 nitrogen and oxygen atoms in total. The summed E-state index contributed by atoms with van der Waals surface area (Å²) in [6.07, 6.45) is 5.32. The van der Waals surface area contributed by atoms with Gasteiger partial charge in [0.1, 0.15) is 0 Å². The van der Waals surface area contributed by atoms with E-state index >= 15 is 0 Å². The highest BCUT2D eigenvalue weighted by atomic mass is 16.5. The molecule has 1 aromatic rings. The van der Waals surface area contributed by atoms with E-state index < -0.39 is 0 Å². The lowest BCUT2D eigenvalue weighted by Crippen LogP contribution is -2.37. The van der Waals surface area contributed by atoms with Crippen LogP contribution in [-0.4, -0.2) is 22.9 Å². The summed E-state index contributed by atoms with van der Waals surface area (Å²) in [7, 11) is 1.72. The average molecular weight is 279 g/mol. The Morgan fingerprint density at radius 3 is 2.55 bits per heavy atom. The summed E-state index contributed by atoms with van der Waals surface area (Å²) < 4.78 is 7.62. The molecule has 1 aliphatic carbocycles. The fraction of sp³-hybridized carbons (Fsp3) is 0.812. The van der Waals surface area contributed by atoms with Gasteiger partial charge in [0.05, 0.1) is 19.0 Å². The number of ether oxygens (including phenoxy) is 1. The van der Waals surface area contributed by atoms with Crippen LogP contribution in [0.25, 0.3) is 0 Å². The normalized spacial score (nSPS) is 27.3. The number of nitrogens with two attached hydrogens (primary N) is 1. The molecule has 1 aromatic heterocycles. The molecule has 1 heterocycles. The molecule has 20 heavy (non-hydrogen) atoms. The Balaban J connectivity index is 2.34. The summed E-state index contributed by atoms with van der Waals surface area (Å²) in [5, 5.41) is 4.50. The Labute approximate surface area is 122 Å². The SMILES string of the molecule is COc1cnn(C(C)C)c1C1CC(C(C)C)CCC1N. The Morgan fingerprint density at radius 1 is 1.30 bits per heavy atom. The molecule has 3 unspecified atom stereocenters. The minimum absolute atomic E-state index is 0.216. The molecule has 1 fully saturated rings. The molecule has 3 atom stereocenters. The van der Waals surface area contributed by atoms with Gasteiger partial charge in [-0.05, 0) is 44.9 Å². The van der Waals surface area contributed by atoms with Crippen molar-refractivity contribution in [3.63, 3.8) is 0 Å². The molecular formula is C16H29N3O. The van der Waals surface area contributed by atoms with Crippen LogP contribution in [0.3, 0.4) is 0 Å². The first-order chi connectivity index (χ1) is 9.45. The van der Waals surface area contributed by atoms with E-state index in [2.05, 4.69) is 37.5 Å². The monoisotopic (exact) mass is 279 g/mol. The van der Waals surface area contributed by atoms with Crippen LogP contribution < -0.4 is 10.5 Å². The highest BCUT2D eigenvalue weighted by Gasteiger charge is 2.35. The molecule has 0 aromatic carbocycles. The molecule has 1 aliphatic rings. The van der Waals surface area contributed by atoms with E-state index in [4.69, 9.17) is 10.5 Å². The predicted octanol–water partition coefficient (Wildman–Crippen LogP) is 3.34. The summed E-state index contributed by atoms with van der Waals surface area (Å²) in [4.78, 5) is 0. The first-order valence-corrected chi connectivity index (χ1v) is 7.82. The van der Waals surface area contributed by atoms with Crippen molar-refractivity contribution in [3.8, 4) is 5.75 Å². The highest BCUT2D eigenvalue weighted by molar-refractivity contribution is 5.31. The standard InChI is InChI=1S/C16H29N3O/c1-10(2)12-6-7-14(17)13(8-12)16-15(20-5)9-18-19(16)11(3)4/h9-14H,6-8,17H2,1-5H3. The zero-order valence-electron chi connectivity index (χ0n) is 13.5.